The largest absolute Gasteiger partial charge is 0.481 e. The summed E-state index contributed by atoms with van der Waals surface area (Å²) in [5, 5.41) is 17.9. The Morgan fingerprint density at radius 1 is 1.64 bits per heavy atom. The lowest BCUT2D eigenvalue weighted by molar-refractivity contribution is -0.142. The van der Waals surface area contributed by atoms with Crippen molar-refractivity contribution in [3.05, 3.63) is 23.8 Å². The summed E-state index contributed by atoms with van der Waals surface area (Å²) in [4.78, 5) is 10.5. The van der Waals surface area contributed by atoms with Gasteiger partial charge in [-0.25, -0.2) is 0 Å². The monoisotopic (exact) mass is 154 g/mol. The molecule has 0 aromatic rings. The van der Waals surface area contributed by atoms with Gasteiger partial charge in [0.1, 0.15) is 5.92 Å². The summed E-state index contributed by atoms with van der Waals surface area (Å²) in [6.45, 7) is 1.71. The topological polar surface area (TPSA) is 57.5 Å². The normalized spacial score (nSPS) is 29.8. The number of carboxylic acid groups (broad SMARTS) is 1. The molecule has 0 bridgehead atoms. The van der Waals surface area contributed by atoms with Crippen LogP contribution in [0.15, 0.2) is 23.8 Å². The predicted octanol–water partition coefficient (Wildman–Crippen LogP) is 0.564. The Labute approximate surface area is 64.7 Å². The van der Waals surface area contributed by atoms with E-state index in [1.165, 1.54) is 6.08 Å². The summed E-state index contributed by atoms with van der Waals surface area (Å²) < 4.78 is 0. The van der Waals surface area contributed by atoms with Crippen LogP contribution in [0.1, 0.15) is 6.92 Å². The maximum Gasteiger partial charge on any atom is 0.313 e. The van der Waals surface area contributed by atoms with Crippen LogP contribution < -0.4 is 0 Å². The third kappa shape index (κ3) is 1.49. The third-order valence-corrected chi connectivity index (χ3v) is 1.77. The number of aliphatic hydroxyl groups is 1. The molecule has 1 aliphatic carbocycles. The van der Waals surface area contributed by atoms with Crippen LogP contribution in [0.2, 0.25) is 0 Å². The molecule has 2 N–H and O–H groups in total. The quantitative estimate of drug-likeness (QED) is 0.580. The van der Waals surface area contributed by atoms with Crippen LogP contribution >= 0.6 is 0 Å². The lowest BCUT2D eigenvalue weighted by Crippen LogP contribution is -2.28. The van der Waals surface area contributed by atoms with Crippen LogP contribution in [-0.4, -0.2) is 22.3 Å². The highest BCUT2D eigenvalue weighted by Gasteiger charge is 2.26. The minimum absolute atomic E-state index is 0.694. The zero-order chi connectivity index (χ0) is 8.43. The van der Waals surface area contributed by atoms with E-state index in [2.05, 4.69) is 0 Å². The van der Waals surface area contributed by atoms with Crippen molar-refractivity contribution in [1.29, 1.82) is 0 Å². The van der Waals surface area contributed by atoms with Crippen molar-refractivity contribution in [2.75, 3.05) is 0 Å². The molecule has 2 atom stereocenters. The minimum atomic E-state index is -0.985. The van der Waals surface area contributed by atoms with Crippen molar-refractivity contribution in [3.63, 3.8) is 0 Å². The third-order valence-electron chi connectivity index (χ3n) is 1.77. The Morgan fingerprint density at radius 3 is 2.73 bits per heavy atom. The van der Waals surface area contributed by atoms with Gasteiger partial charge < -0.3 is 10.2 Å². The van der Waals surface area contributed by atoms with E-state index < -0.39 is 18.0 Å². The molecule has 0 radical (unpaired) electrons. The van der Waals surface area contributed by atoms with E-state index in [-0.39, 0.29) is 0 Å². The summed E-state index contributed by atoms with van der Waals surface area (Å²) in [6.07, 6.45) is 3.99. The molecular weight excluding hydrogens is 144 g/mol. The summed E-state index contributed by atoms with van der Waals surface area (Å²) in [5.41, 5.74) is 0.694. The van der Waals surface area contributed by atoms with Crippen molar-refractivity contribution in [3.8, 4) is 0 Å². The average molecular weight is 154 g/mol. The van der Waals surface area contributed by atoms with E-state index in [0.29, 0.717) is 5.57 Å². The second-order valence-corrected chi connectivity index (χ2v) is 2.60. The Kier molecular flexibility index (Phi) is 2.10. The molecule has 3 heteroatoms. The van der Waals surface area contributed by atoms with Gasteiger partial charge in [-0.2, -0.15) is 0 Å². The maximum absolute atomic E-state index is 10.5. The van der Waals surface area contributed by atoms with Gasteiger partial charge in [0, 0.05) is 0 Å². The maximum atomic E-state index is 10.5. The number of carboxylic acids is 1. The molecule has 0 fully saturated rings. The Hall–Kier alpha value is -1.09. The first-order valence-electron chi connectivity index (χ1n) is 3.39. The first kappa shape index (κ1) is 8.01. The number of hydrogen-bond acceptors (Lipinski definition) is 2. The molecule has 0 saturated carbocycles. The number of allylic oxidation sites excluding steroid dienone is 2. The van der Waals surface area contributed by atoms with Crippen molar-refractivity contribution >= 4 is 5.97 Å². The minimum Gasteiger partial charge on any atom is -0.481 e. The number of hydrogen-bond donors (Lipinski definition) is 2. The van der Waals surface area contributed by atoms with E-state index >= 15 is 0 Å². The van der Waals surface area contributed by atoms with E-state index in [9.17, 15) is 9.90 Å². The first-order valence-corrected chi connectivity index (χ1v) is 3.39. The summed E-state index contributed by atoms with van der Waals surface area (Å²) in [5.74, 6) is -1.76. The zero-order valence-corrected chi connectivity index (χ0v) is 6.19. The van der Waals surface area contributed by atoms with Crippen LogP contribution in [0.5, 0.6) is 0 Å². The van der Waals surface area contributed by atoms with Crippen LogP contribution in [-0.2, 0) is 4.79 Å². The number of carbonyl (C=O) groups is 1. The molecule has 2 unspecified atom stereocenters. The SMILES string of the molecule is CC1=CC=CC(C(=O)O)C1O. The first-order chi connectivity index (χ1) is 5.13. The van der Waals surface area contributed by atoms with Crippen molar-refractivity contribution in [2.24, 2.45) is 5.92 Å². The van der Waals surface area contributed by atoms with E-state index in [0.717, 1.165) is 0 Å². The molecule has 0 aromatic carbocycles. The highest BCUT2D eigenvalue weighted by atomic mass is 16.4. The molecule has 0 aromatic heterocycles. The number of rotatable bonds is 1. The van der Waals surface area contributed by atoms with Crippen LogP contribution in [0, 0.1) is 5.92 Å². The average Bonchev–Trinajstić information content (AvgIpc) is 1.94. The molecule has 0 amide bonds. The fraction of sp³-hybridized carbons (Fsp3) is 0.375. The highest BCUT2D eigenvalue weighted by molar-refractivity contribution is 5.74. The van der Waals surface area contributed by atoms with Gasteiger partial charge >= 0.3 is 5.97 Å². The predicted molar refractivity (Wildman–Crippen MR) is 40.0 cm³/mol. The van der Waals surface area contributed by atoms with Gasteiger partial charge in [0.25, 0.3) is 0 Å². The smallest absolute Gasteiger partial charge is 0.313 e. The van der Waals surface area contributed by atoms with Gasteiger partial charge in [-0.1, -0.05) is 18.2 Å². The second-order valence-electron chi connectivity index (χ2n) is 2.60. The number of aliphatic hydroxyl groups excluding tert-OH is 1. The van der Waals surface area contributed by atoms with Gasteiger partial charge in [-0.05, 0) is 12.5 Å². The Bertz CT molecular complexity index is 227. The number of aliphatic carboxylic acids is 1. The van der Waals surface area contributed by atoms with Crippen LogP contribution in [0.4, 0.5) is 0 Å². The molecule has 60 valence electrons. The van der Waals surface area contributed by atoms with Crippen molar-refractivity contribution < 1.29 is 15.0 Å². The fourth-order valence-electron chi connectivity index (χ4n) is 1.03. The molecule has 3 nitrogen and oxygen atoms in total. The van der Waals surface area contributed by atoms with E-state index in [1.807, 2.05) is 0 Å². The van der Waals surface area contributed by atoms with E-state index in [4.69, 9.17) is 5.11 Å². The lowest BCUT2D eigenvalue weighted by atomic mass is 9.92. The summed E-state index contributed by atoms with van der Waals surface area (Å²) in [7, 11) is 0. The molecule has 11 heavy (non-hydrogen) atoms. The molecule has 1 rings (SSSR count). The molecule has 0 heterocycles. The van der Waals surface area contributed by atoms with Gasteiger partial charge in [0.15, 0.2) is 0 Å². The molecule has 0 saturated heterocycles. The zero-order valence-electron chi connectivity index (χ0n) is 6.19. The Morgan fingerprint density at radius 2 is 2.27 bits per heavy atom. The Balaban J connectivity index is 2.81. The van der Waals surface area contributed by atoms with E-state index in [1.54, 1.807) is 19.1 Å². The van der Waals surface area contributed by atoms with Gasteiger partial charge in [0.2, 0.25) is 0 Å². The summed E-state index contributed by atoms with van der Waals surface area (Å²) in [6, 6.07) is 0. The lowest BCUT2D eigenvalue weighted by Gasteiger charge is -2.19. The van der Waals surface area contributed by atoms with Crippen molar-refractivity contribution in [1.82, 2.24) is 0 Å². The molecular formula is C8H10O3. The second kappa shape index (κ2) is 2.88. The van der Waals surface area contributed by atoms with Gasteiger partial charge in [-0.15, -0.1) is 0 Å². The van der Waals surface area contributed by atoms with Crippen LogP contribution in [0.3, 0.4) is 0 Å². The van der Waals surface area contributed by atoms with Crippen molar-refractivity contribution in [2.45, 2.75) is 13.0 Å². The van der Waals surface area contributed by atoms with Gasteiger partial charge in [0.05, 0.1) is 6.10 Å². The summed E-state index contributed by atoms with van der Waals surface area (Å²) >= 11 is 0. The van der Waals surface area contributed by atoms with Crippen LogP contribution in [0.25, 0.3) is 0 Å². The molecule has 1 aliphatic rings. The fourth-order valence-corrected chi connectivity index (χ4v) is 1.03. The van der Waals surface area contributed by atoms with Gasteiger partial charge in [-0.3, -0.25) is 4.79 Å². The standard InChI is InChI=1S/C8H10O3/c1-5-3-2-4-6(7(5)9)8(10)11/h2-4,6-7,9H,1H3,(H,10,11). The highest BCUT2D eigenvalue weighted by Crippen LogP contribution is 2.18. The molecule has 0 aliphatic heterocycles. The molecule has 0 spiro atoms.